The Kier molecular flexibility index (Phi) is 7.74. The molecule has 1 saturated heterocycles. The molecule has 31 heavy (non-hydrogen) atoms. The highest BCUT2D eigenvalue weighted by molar-refractivity contribution is 9.10. The first-order valence-corrected chi connectivity index (χ1v) is 11.5. The number of nitrogens with one attached hydrogen (secondary N) is 1. The van der Waals surface area contributed by atoms with Gasteiger partial charge in [-0.1, -0.05) is 36.1 Å². The lowest BCUT2D eigenvalue weighted by atomic mass is 10.2. The topological polar surface area (TPSA) is 67.9 Å². The third-order valence-electron chi connectivity index (χ3n) is 4.39. The Morgan fingerprint density at radius 1 is 1.32 bits per heavy atom. The average Bonchev–Trinajstić information content (AvgIpc) is 2.99. The van der Waals surface area contributed by atoms with Crippen molar-refractivity contribution in [2.24, 2.45) is 0 Å². The van der Waals surface area contributed by atoms with Gasteiger partial charge in [0.05, 0.1) is 16.5 Å². The van der Waals surface area contributed by atoms with Crippen molar-refractivity contribution in [2.45, 2.75) is 13.8 Å². The highest BCUT2D eigenvalue weighted by Crippen LogP contribution is 2.39. The Hall–Kier alpha value is -2.36. The summed E-state index contributed by atoms with van der Waals surface area (Å²) in [5.74, 6) is 0.447. The van der Waals surface area contributed by atoms with E-state index in [1.807, 2.05) is 38.1 Å². The summed E-state index contributed by atoms with van der Waals surface area (Å²) in [6, 6.07) is 11.1. The summed E-state index contributed by atoms with van der Waals surface area (Å²) < 4.78 is 12.3. The van der Waals surface area contributed by atoms with Crippen LogP contribution in [0.3, 0.4) is 0 Å². The van der Waals surface area contributed by atoms with Gasteiger partial charge in [0, 0.05) is 12.2 Å². The lowest BCUT2D eigenvalue weighted by Gasteiger charge is -2.14. The SMILES string of the molecule is CCN1C(=O)/C(=C/c2cc(Br)c(OCC(=O)Nc3cccc(C)c3)c(OC)c2)SC1=S. The molecule has 1 fully saturated rings. The van der Waals surface area contributed by atoms with Crippen LogP contribution < -0.4 is 14.8 Å². The smallest absolute Gasteiger partial charge is 0.266 e. The van der Waals surface area contributed by atoms with E-state index >= 15 is 0 Å². The predicted octanol–water partition coefficient (Wildman–Crippen LogP) is 5.00. The number of ether oxygens (including phenoxy) is 2. The number of aryl methyl sites for hydroxylation is 1. The zero-order valence-electron chi connectivity index (χ0n) is 17.2. The van der Waals surface area contributed by atoms with Crippen LogP contribution in [-0.2, 0) is 9.59 Å². The van der Waals surface area contributed by atoms with Crippen LogP contribution in [0.1, 0.15) is 18.1 Å². The molecule has 1 heterocycles. The Labute approximate surface area is 199 Å². The zero-order chi connectivity index (χ0) is 22.5. The Bertz CT molecular complexity index is 1070. The maximum atomic E-state index is 12.4. The van der Waals surface area contributed by atoms with Crippen molar-refractivity contribution in [3.63, 3.8) is 0 Å². The summed E-state index contributed by atoms with van der Waals surface area (Å²) in [7, 11) is 1.52. The molecular formula is C22H21BrN2O4S2. The van der Waals surface area contributed by atoms with Crippen LogP contribution in [0.2, 0.25) is 0 Å². The molecule has 2 aromatic rings. The van der Waals surface area contributed by atoms with Gasteiger partial charge in [-0.15, -0.1) is 0 Å². The lowest BCUT2D eigenvalue weighted by Crippen LogP contribution is -2.27. The van der Waals surface area contributed by atoms with Crippen molar-refractivity contribution in [3.8, 4) is 11.5 Å². The number of thioether (sulfide) groups is 1. The van der Waals surface area contributed by atoms with Crippen molar-refractivity contribution in [3.05, 3.63) is 56.9 Å². The van der Waals surface area contributed by atoms with Crippen LogP contribution in [0.5, 0.6) is 11.5 Å². The van der Waals surface area contributed by atoms with Gasteiger partial charge in [-0.25, -0.2) is 0 Å². The normalized spacial score (nSPS) is 14.8. The van der Waals surface area contributed by atoms with E-state index in [4.69, 9.17) is 21.7 Å². The first-order chi connectivity index (χ1) is 14.8. The standard InChI is InChI=1S/C22H21BrN2O4S2/c1-4-25-21(27)18(31-22(25)30)11-14-9-16(23)20(17(10-14)28-3)29-12-19(26)24-15-7-5-6-13(2)8-15/h5-11H,4,12H2,1-3H3,(H,24,26)/b18-11-. The highest BCUT2D eigenvalue weighted by atomic mass is 79.9. The number of methoxy groups -OCH3 is 1. The molecule has 0 bridgehead atoms. The van der Waals surface area contributed by atoms with Gasteiger partial charge in [0.2, 0.25) is 0 Å². The third kappa shape index (κ3) is 5.66. The van der Waals surface area contributed by atoms with Crippen molar-refractivity contribution < 1.29 is 19.1 Å². The van der Waals surface area contributed by atoms with Crippen molar-refractivity contribution in [1.29, 1.82) is 0 Å². The molecule has 0 spiro atoms. The van der Waals surface area contributed by atoms with E-state index in [9.17, 15) is 9.59 Å². The number of carbonyl (C=O) groups is 2. The molecule has 0 saturated carbocycles. The quantitative estimate of drug-likeness (QED) is 0.409. The molecule has 3 rings (SSSR count). The summed E-state index contributed by atoms with van der Waals surface area (Å²) in [6.45, 7) is 4.19. The largest absolute Gasteiger partial charge is 0.493 e. The number of thiocarbonyl (C=S) groups is 1. The number of hydrogen-bond acceptors (Lipinski definition) is 6. The van der Waals surface area contributed by atoms with Gasteiger partial charge in [0.25, 0.3) is 11.8 Å². The number of halogens is 1. The number of rotatable bonds is 7. The first-order valence-electron chi connectivity index (χ1n) is 9.44. The van der Waals surface area contributed by atoms with Gasteiger partial charge < -0.3 is 14.8 Å². The van der Waals surface area contributed by atoms with Crippen LogP contribution in [0.15, 0.2) is 45.8 Å². The third-order valence-corrected chi connectivity index (χ3v) is 6.36. The number of nitrogens with zero attached hydrogens (tertiary/aromatic N) is 1. The Morgan fingerprint density at radius 3 is 2.74 bits per heavy atom. The molecule has 2 aromatic carbocycles. The molecule has 6 nitrogen and oxygen atoms in total. The molecule has 1 N–H and O–H groups in total. The fourth-order valence-electron chi connectivity index (χ4n) is 2.94. The second-order valence-corrected chi connectivity index (χ2v) is 9.20. The minimum atomic E-state index is -0.285. The molecule has 1 aliphatic rings. The molecule has 0 aromatic heterocycles. The van der Waals surface area contributed by atoms with Crippen LogP contribution >= 0.6 is 39.9 Å². The molecule has 0 radical (unpaired) electrons. The number of anilines is 1. The molecule has 9 heteroatoms. The molecule has 2 amide bonds. The summed E-state index contributed by atoms with van der Waals surface area (Å²) in [6.07, 6.45) is 1.76. The van der Waals surface area contributed by atoms with Crippen LogP contribution in [0.25, 0.3) is 6.08 Å². The lowest BCUT2D eigenvalue weighted by molar-refractivity contribution is -0.122. The number of amides is 2. The second-order valence-electron chi connectivity index (χ2n) is 6.67. The molecular weight excluding hydrogens is 500 g/mol. The summed E-state index contributed by atoms with van der Waals surface area (Å²) in [5, 5.41) is 2.80. The highest BCUT2D eigenvalue weighted by Gasteiger charge is 2.30. The van der Waals surface area contributed by atoms with Crippen LogP contribution in [0, 0.1) is 6.92 Å². The van der Waals surface area contributed by atoms with E-state index in [-0.39, 0.29) is 18.4 Å². The molecule has 1 aliphatic heterocycles. The van der Waals surface area contributed by atoms with Crippen molar-refractivity contribution >= 4 is 67.8 Å². The van der Waals surface area contributed by atoms with Gasteiger partial charge >= 0.3 is 0 Å². The zero-order valence-corrected chi connectivity index (χ0v) is 20.4. The fraction of sp³-hybridized carbons (Fsp3) is 0.227. The summed E-state index contributed by atoms with van der Waals surface area (Å²) in [5.41, 5.74) is 2.51. The van der Waals surface area contributed by atoms with E-state index in [2.05, 4.69) is 21.2 Å². The summed E-state index contributed by atoms with van der Waals surface area (Å²) >= 11 is 10.00. The molecule has 0 atom stereocenters. The summed E-state index contributed by atoms with van der Waals surface area (Å²) in [4.78, 5) is 26.8. The predicted molar refractivity (Wildman–Crippen MR) is 132 cm³/mol. The van der Waals surface area contributed by atoms with E-state index in [1.54, 1.807) is 23.1 Å². The Morgan fingerprint density at radius 2 is 2.10 bits per heavy atom. The average molecular weight is 521 g/mol. The van der Waals surface area contributed by atoms with Gasteiger partial charge in [-0.05, 0) is 71.2 Å². The maximum absolute atomic E-state index is 12.4. The molecule has 0 unspecified atom stereocenters. The van der Waals surface area contributed by atoms with E-state index in [0.29, 0.717) is 37.4 Å². The van der Waals surface area contributed by atoms with Crippen LogP contribution in [-0.4, -0.2) is 41.3 Å². The number of carbonyl (C=O) groups excluding carboxylic acids is 2. The second kappa shape index (κ2) is 10.3. The monoisotopic (exact) mass is 520 g/mol. The molecule has 162 valence electrons. The number of hydrogen-bond donors (Lipinski definition) is 1. The minimum Gasteiger partial charge on any atom is -0.493 e. The molecule has 0 aliphatic carbocycles. The fourth-order valence-corrected chi connectivity index (χ4v) is 4.90. The van der Waals surface area contributed by atoms with E-state index in [0.717, 1.165) is 11.1 Å². The van der Waals surface area contributed by atoms with Gasteiger partial charge in [-0.3, -0.25) is 14.5 Å². The first kappa shape index (κ1) is 23.3. The van der Waals surface area contributed by atoms with Gasteiger partial charge in [0.1, 0.15) is 4.32 Å². The van der Waals surface area contributed by atoms with Gasteiger partial charge in [0.15, 0.2) is 18.1 Å². The van der Waals surface area contributed by atoms with E-state index < -0.39 is 0 Å². The Balaban J connectivity index is 1.74. The minimum absolute atomic E-state index is 0.110. The van der Waals surface area contributed by atoms with Gasteiger partial charge in [-0.2, -0.15) is 0 Å². The van der Waals surface area contributed by atoms with Crippen molar-refractivity contribution in [1.82, 2.24) is 4.90 Å². The number of likely N-dealkylation sites (N-methyl/N-ethyl adjacent to an activating group) is 1. The van der Waals surface area contributed by atoms with Crippen molar-refractivity contribution in [2.75, 3.05) is 25.6 Å². The maximum Gasteiger partial charge on any atom is 0.266 e. The van der Waals surface area contributed by atoms with Crippen LogP contribution in [0.4, 0.5) is 5.69 Å². The number of benzene rings is 2. The van der Waals surface area contributed by atoms with E-state index in [1.165, 1.54) is 18.9 Å².